The highest BCUT2D eigenvalue weighted by Gasteiger charge is 2.43. The van der Waals surface area contributed by atoms with Crippen molar-refractivity contribution in [1.82, 2.24) is 9.97 Å². The topological polar surface area (TPSA) is 143 Å². The number of rotatable bonds is 3. The summed E-state index contributed by atoms with van der Waals surface area (Å²) in [5.74, 6) is -0.117. The van der Waals surface area contributed by atoms with Crippen LogP contribution in [0.4, 0.5) is 0 Å². The number of para-hydroxylation sites is 1. The summed E-state index contributed by atoms with van der Waals surface area (Å²) in [4.78, 5) is 29.5. The van der Waals surface area contributed by atoms with E-state index >= 15 is 0 Å². The minimum atomic E-state index is -2.67. The fraction of sp³-hybridized carbons (Fsp3) is 0.0952. The number of nitrogens with one attached hydrogen (secondary N) is 2. The molecule has 2 unspecified atom stereocenters. The van der Waals surface area contributed by atoms with E-state index in [0.717, 1.165) is 5.30 Å². The summed E-state index contributed by atoms with van der Waals surface area (Å²) >= 11 is 7.18. The lowest BCUT2D eigenvalue weighted by molar-refractivity contribution is 0.415. The number of aromatic nitrogens is 2. The Morgan fingerprint density at radius 2 is 1.91 bits per heavy atom. The van der Waals surface area contributed by atoms with Crippen molar-refractivity contribution >= 4 is 39.8 Å². The van der Waals surface area contributed by atoms with E-state index in [9.17, 15) is 14.7 Å². The van der Waals surface area contributed by atoms with E-state index in [0.29, 0.717) is 21.9 Å². The van der Waals surface area contributed by atoms with Crippen LogP contribution in [-0.2, 0) is 11.8 Å². The Hall–Kier alpha value is -3.27. The minimum Gasteiger partial charge on any atom is -0.508 e. The zero-order valence-corrected chi connectivity index (χ0v) is 19.6. The van der Waals surface area contributed by atoms with E-state index in [1.807, 2.05) is 12.1 Å². The number of phenols is 1. The molecule has 3 aromatic rings. The van der Waals surface area contributed by atoms with Crippen molar-refractivity contribution in [3.8, 4) is 17.4 Å². The van der Waals surface area contributed by atoms with Crippen LogP contribution in [0.5, 0.6) is 17.4 Å². The van der Waals surface area contributed by atoms with Gasteiger partial charge in [0.25, 0.3) is 5.56 Å². The first-order valence-corrected chi connectivity index (χ1v) is 13.8. The number of aromatic amines is 2. The SMILES string of the molecule is COc1ccc(P2(=S)N=C3Oc4[nH]c(=O)[nH]c(=O)c4C(c4ccccc4O)C3=C(N)S2)cc1. The molecule has 0 bridgehead atoms. The number of aromatic hydroxyl groups is 1. The van der Waals surface area contributed by atoms with Crippen molar-refractivity contribution in [2.24, 2.45) is 10.5 Å². The minimum absolute atomic E-state index is 0.0363. The van der Waals surface area contributed by atoms with Crippen LogP contribution in [0.25, 0.3) is 0 Å². The molecule has 12 heteroatoms. The quantitative estimate of drug-likeness (QED) is 0.401. The third kappa shape index (κ3) is 3.58. The van der Waals surface area contributed by atoms with Gasteiger partial charge in [0.1, 0.15) is 16.9 Å². The lowest BCUT2D eigenvalue weighted by Crippen LogP contribution is -2.37. The summed E-state index contributed by atoms with van der Waals surface area (Å²) in [6.45, 7) is 0. The third-order valence-electron chi connectivity index (χ3n) is 5.31. The largest absolute Gasteiger partial charge is 0.508 e. The number of ether oxygens (including phenoxy) is 2. The summed E-state index contributed by atoms with van der Waals surface area (Å²) in [6, 6.07) is 13.8. The Balaban J connectivity index is 1.74. The van der Waals surface area contributed by atoms with Crippen LogP contribution >= 0.6 is 16.8 Å². The van der Waals surface area contributed by atoms with Crippen LogP contribution < -0.4 is 31.8 Å². The van der Waals surface area contributed by atoms with Crippen molar-refractivity contribution in [2.45, 2.75) is 5.92 Å². The molecule has 33 heavy (non-hydrogen) atoms. The molecular formula is C21H17N4O5PS2. The van der Waals surface area contributed by atoms with Gasteiger partial charge < -0.3 is 20.3 Å². The maximum absolute atomic E-state index is 12.8. The lowest BCUT2D eigenvalue weighted by Gasteiger charge is -2.34. The van der Waals surface area contributed by atoms with E-state index in [1.54, 1.807) is 37.4 Å². The smallest absolute Gasteiger partial charge is 0.328 e. The van der Waals surface area contributed by atoms with Gasteiger partial charge >= 0.3 is 5.69 Å². The molecule has 0 spiro atoms. The number of nitrogens with zero attached hydrogens (tertiary/aromatic N) is 1. The molecule has 3 heterocycles. The highest BCUT2D eigenvalue weighted by atomic mass is 32.9. The fourth-order valence-corrected chi connectivity index (χ4v) is 8.98. The highest BCUT2D eigenvalue weighted by Crippen LogP contribution is 2.66. The molecule has 2 aliphatic heterocycles. The summed E-state index contributed by atoms with van der Waals surface area (Å²) in [7, 11) is 1.57. The molecular weight excluding hydrogens is 483 g/mol. The van der Waals surface area contributed by atoms with E-state index in [1.165, 1.54) is 17.4 Å². The van der Waals surface area contributed by atoms with Crippen molar-refractivity contribution in [3.05, 3.63) is 91.1 Å². The molecule has 0 aliphatic carbocycles. The van der Waals surface area contributed by atoms with Gasteiger partial charge in [-0.05, 0) is 41.7 Å². The summed E-state index contributed by atoms with van der Waals surface area (Å²) < 4.78 is 15.9. The second-order valence-electron chi connectivity index (χ2n) is 7.24. The molecule has 1 aromatic heterocycles. The molecule has 0 saturated heterocycles. The number of fused-ring (bicyclic) bond motifs is 2. The zero-order chi connectivity index (χ0) is 23.3. The Morgan fingerprint density at radius 3 is 2.61 bits per heavy atom. The average Bonchev–Trinajstić information content (AvgIpc) is 2.78. The normalized spacial score (nSPS) is 21.5. The second kappa shape index (κ2) is 7.95. The molecule has 5 rings (SSSR count). The first kappa shape index (κ1) is 21.6. The first-order chi connectivity index (χ1) is 15.8. The molecule has 2 aliphatic rings. The Labute approximate surface area is 196 Å². The summed E-state index contributed by atoms with van der Waals surface area (Å²) in [5, 5.41) is 9.03. The highest BCUT2D eigenvalue weighted by molar-refractivity contribution is 8.74. The summed E-state index contributed by atoms with van der Waals surface area (Å²) in [6.07, 6.45) is 0. The molecule has 0 fully saturated rings. The van der Waals surface area contributed by atoms with Crippen molar-refractivity contribution < 1.29 is 14.6 Å². The van der Waals surface area contributed by atoms with Crippen LogP contribution in [0.15, 0.2) is 73.5 Å². The second-order valence-corrected chi connectivity index (χ2v) is 14.0. The molecule has 2 atom stereocenters. The van der Waals surface area contributed by atoms with Gasteiger partial charge in [-0.3, -0.25) is 14.8 Å². The molecule has 0 amide bonds. The van der Waals surface area contributed by atoms with E-state index < -0.39 is 22.6 Å². The van der Waals surface area contributed by atoms with Crippen molar-refractivity contribution in [2.75, 3.05) is 7.11 Å². The predicted molar refractivity (Wildman–Crippen MR) is 131 cm³/mol. The van der Waals surface area contributed by atoms with Gasteiger partial charge in [-0.2, -0.15) is 0 Å². The molecule has 0 radical (unpaired) electrons. The van der Waals surface area contributed by atoms with Crippen molar-refractivity contribution in [3.63, 3.8) is 0 Å². The van der Waals surface area contributed by atoms with Crippen LogP contribution in [-0.4, -0.2) is 28.1 Å². The first-order valence-electron chi connectivity index (χ1n) is 9.67. The van der Waals surface area contributed by atoms with Crippen molar-refractivity contribution in [1.29, 1.82) is 0 Å². The van der Waals surface area contributed by atoms with Gasteiger partial charge in [-0.1, -0.05) is 30.0 Å². The van der Waals surface area contributed by atoms with Gasteiger partial charge in [-0.15, -0.1) is 0 Å². The monoisotopic (exact) mass is 500 g/mol. The van der Waals surface area contributed by atoms with Gasteiger partial charge in [0.05, 0.1) is 29.2 Å². The number of benzene rings is 2. The standard InChI is InChI=1S/C21H17N4O5PS2/c1-29-10-6-8-11(9-7-10)31(32)25-20-15(17(22)33-31)14(12-4-2-3-5-13(12)26)16-18(27)23-21(28)24-19(16)30-20/h2-9,14,26H,22H2,1H3,(H2,23,24,27,28). The summed E-state index contributed by atoms with van der Waals surface area (Å²) in [5.41, 5.74) is 6.11. The zero-order valence-electron chi connectivity index (χ0n) is 17.1. The maximum Gasteiger partial charge on any atom is 0.328 e. The number of nitrogens with two attached hydrogens (primary N) is 1. The number of hydrogen-bond acceptors (Lipinski definition) is 8. The average molecular weight is 500 g/mol. The number of methoxy groups -OCH3 is 1. The number of phenolic OH excluding ortho intramolecular Hbond substituents is 1. The fourth-order valence-electron chi connectivity index (χ4n) is 3.81. The molecule has 0 saturated carbocycles. The Morgan fingerprint density at radius 1 is 1.18 bits per heavy atom. The van der Waals surface area contributed by atoms with Gasteiger partial charge in [0.15, 0.2) is 0 Å². The van der Waals surface area contributed by atoms with Crippen LogP contribution in [0, 0.1) is 0 Å². The third-order valence-corrected chi connectivity index (χ3v) is 11.1. The van der Waals surface area contributed by atoms with E-state index in [2.05, 4.69) is 9.97 Å². The predicted octanol–water partition coefficient (Wildman–Crippen LogP) is 2.25. The number of H-pyrrole nitrogens is 2. The van der Waals surface area contributed by atoms with E-state index in [-0.39, 0.29) is 23.1 Å². The van der Waals surface area contributed by atoms with Crippen LogP contribution in [0.1, 0.15) is 17.0 Å². The Bertz CT molecular complexity index is 1510. The lowest BCUT2D eigenvalue weighted by atomic mass is 9.84. The van der Waals surface area contributed by atoms with Gasteiger partial charge in [0, 0.05) is 10.9 Å². The van der Waals surface area contributed by atoms with Crippen LogP contribution in [0.2, 0.25) is 0 Å². The molecule has 5 N–H and O–H groups in total. The van der Waals surface area contributed by atoms with Gasteiger partial charge in [-0.25, -0.2) is 9.56 Å². The van der Waals surface area contributed by atoms with E-state index in [4.69, 9.17) is 31.8 Å². The van der Waals surface area contributed by atoms with Gasteiger partial charge in [0.2, 0.25) is 11.8 Å². The Kier molecular flexibility index (Phi) is 5.19. The number of hydrogen-bond donors (Lipinski definition) is 4. The molecule has 9 nitrogen and oxygen atoms in total. The molecule has 168 valence electrons. The molecule has 2 aromatic carbocycles. The maximum atomic E-state index is 12.8. The van der Waals surface area contributed by atoms with Crippen LogP contribution in [0.3, 0.4) is 0 Å².